The van der Waals surface area contributed by atoms with Crippen molar-refractivity contribution in [1.29, 1.82) is 0 Å². The Morgan fingerprint density at radius 1 is 1.24 bits per heavy atom. The Balaban J connectivity index is 2.06. The lowest BCUT2D eigenvalue weighted by atomic mass is 9.68. The minimum Gasteiger partial charge on any atom is -0.497 e. The Labute approximate surface area is 102 Å². The van der Waals surface area contributed by atoms with E-state index >= 15 is 0 Å². The van der Waals surface area contributed by atoms with Gasteiger partial charge in [0, 0.05) is 12.0 Å². The summed E-state index contributed by atoms with van der Waals surface area (Å²) in [5.41, 5.74) is 2.18. The van der Waals surface area contributed by atoms with Crippen LogP contribution in [-0.4, -0.2) is 12.9 Å². The van der Waals surface area contributed by atoms with Gasteiger partial charge in [-0.3, -0.25) is 4.79 Å². The first kappa shape index (κ1) is 10.8. The van der Waals surface area contributed by atoms with Gasteiger partial charge in [-0.05, 0) is 48.4 Å². The third-order valence-electron chi connectivity index (χ3n) is 4.32. The summed E-state index contributed by atoms with van der Waals surface area (Å²) < 4.78 is 5.28. The van der Waals surface area contributed by atoms with Crippen LogP contribution in [-0.2, 0) is 0 Å². The number of hydrogen-bond acceptors (Lipinski definition) is 2. The molecular formula is C15H18O2. The van der Waals surface area contributed by atoms with E-state index in [0.717, 1.165) is 17.7 Å². The first-order chi connectivity index (χ1) is 8.29. The number of hydrogen-bond donors (Lipinski definition) is 0. The zero-order valence-corrected chi connectivity index (χ0v) is 10.2. The molecule has 1 saturated carbocycles. The van der Waals surface area contributed by atoms with Crippen molar-refractivity contribution in [2.75, 3.05) is 7.11 Å². The van der Waals surface area contributed by atoms with Crippen LogP contribution in [0.2, 0.25) is 0 Å². The standard InChI is InChI=1S/C15H18O2/c1-17-11-6-7-13-14(9-11)12-5-3-2-4-10(12)8-15(13)16/h6-7,9-10,12H,2-5,8H2,1H3/t10-,12-/m1/s1. The summed E-state index contributed by atoms with van der Waals surface area (Å²) in [6.45, 7) is 0. The molecule has 0 spiro atoms. The van der Waals surface area contributed by atoms with E-state index in [-0.39, 0.29) is 0 Å². The molecule has 1 aromatic carbocycles. The Hall–Kier alpha value is -1.31. The second-order valence-electron chi connectivity index (χ2n) is 5.23. The topological polar surface area (TPSA) is 26.3 Å². The van der Waals surface area contributed by atoms with Crippen LogP contribution < -0.4 is 4.74 Å². The predicted octanol–water partition coefficient (Wildman–Crippen LogP) is 3.56. The average Bonchev–Trinajstić information content (AvgIpc) is 2.38. The van der Waals surface area contributed by atoms with Crippen molar-refractivity contribution in [3.8, 4) is 5.75 Å². The number of methoxy groups -OCH3 is 1. The van der Waals surface area contributed by atoms with Gasteiger partial charge in [0.15, 0.2) is 5.78 Å². The quantitative estimate of drug-likeness (QED) is 0.737. The van der Waals surface area contributed by atoms with Crippen molar-refractivity contribution >= 4 is 5.78 Å². The second-order valence-corrected chi connectivity index (χ2v) is 5.23. The molecule has 0 amide bonds. The van der Waals surface area contributed by atoms with Crippen LogP contribution in [0.15, 0.2) is 18.2 Å². The zero-order valence-electron chi connectivity index (χ0n) is 10.2. The molecule has 0 heterocycles. The van der Waals surface area contributed by atoms with E-state index in [1.54, 1.807) is 7.11 Å². The maximum absolute atomic E-state index is 12.1. The fourth-order valence-corrected chi connectivity index (χ4v) is 3.44. The van der Waals surface area contributed by atoms with Gasteiger partial charge < -0.3 is 4.74 Å². The number of fused-ring (bicyclic) bond motifs is 3. The first-order valence-corrected chi connectivity index (χ1v) is 6.50. The van der Waals surface area contributed by atoms with Gasteiger partial charge in [-0.1, -0.05) is 12.8 Å². The fourth-order valence-electron chi connectivity index (χ4n) is 3.44. The molecule has 0 saturated heterocycles. The minimum absolute atomic E-state index is 0.325. The van der Waals surface area contributed by atoms with E-state index in [9.17, 15) is 4.79 Å². The number of carbonyl (C=O) groups is 1. The molecular weight excluding hydrogens is 212 g/mol. The number of rotatable bonds is 1. The summed E-state index contributed by atoms with van der Waals surface area (Å²) in [6, 6.07) is 5.93. The van der Waals surface area contributed by atoms with Crippen LogP contribution in [0.5, 0.6) is 5.75 Å². The molecule has 2 nitrogen and oxygen atoms in total. The number of benzene rings is 1. The van der Waals surface area contributed by atoms with Gasteiger partial charge in [-0.15, -0.1) is 0 Å². The summed E-state index contributed by atoms with van der Waals surface area (Å²) >= 11 is 0. The summed E-state index contributed by atoms with van der Waals surface area (Å²) in [4.78, 5) is 12.1. The zero-order chi connectivity index (χ0) is 11.8. The van der Waals surface area contributed by atoms with Crippen LogP contribution in [0.3, 0.4) is 0 Å². The maximum Gasteiger partial charge on any atom is 0.163 e. The van der Waals surface area contributed by atoms with Crippen molar-refractivity contribution in [3.05, 3.63) is 29.3 Å². The molecule has 17 heavy (non-hydrogen) atoms. The van der Waals surface area contributed by atoms with E-state index in [1.807, 2.05) is 12.1 Å². The maximum atomic E-state index is 12.1. The lowest BCUT2D eigenvalue weighted by Crippen LogP contribution is -2.27. The van der Waals surface area contributed by atoms with Gasteiger partial charge >= 0.3 is 0 Å². The first-order valence-electron chi connectivity index (χ1n) is 6.50. The van der Waals surface area contributed by atoms with Crippen LogP contribution in [0, 0.1) is 5.92 Å². The van der Waals surface area contributed by atoms with Crippen LogP contribution >= 0.6 is 0 Å². The Bertz CT molecular complexity index is 450. The van der Waals surface area contributed by atoms with E-state index < -0.39 is 0 Å². The van der Waals surface area contributed by atoms with Crippen molar-refractivity contribution in [3.63, 3.8) is 0 Å². The van der Waals surface area contributed by atoms with Gasteiger partial charge in [-0.25, -0.2) is 0 Å². The summed E-state index contributed by atoms with van der Waals surface area (Å²) in [7, 11) is 1.69. The molecule has 90 valence electrons. The molecule has 0 bridgehead atoms. The molecule has 2 atom stereocenters. The molecule has 0 radical (unpaired) electrons. The molecule has 2 aliphatic carbocycles. The normalized spacial score (nSPS) is 27.2. The largest absolute Gasteiger partial charge is 0.497 e. The van der Waals surface area contributed by atoms with E-state index in [1.165, 1.54) is 31.2 Å². The lowest BCUT2D eigenvalue weighted by Gasteiger charge is -2.36. The number of ether oxygens (including phenoxy) is 1. The molecule has 1 aromatic rings. The summed E-state index contributed by atoms with van der Waals surface area (Å²) in [5.74, 6) is 2.37. The van der Waals surface area contributed by atoms with Crippen LogP contribution in [0.25, 0.3) is 0 Å². The van der Waals surface area contributed by atoms with Gasteiger partial charge in [0.2, 0.25) is 0 Å². The van der Waals surface area contributed by atoms with Gasteiger partial charge in [0.25, 0.3) is 0 Å². The smallest absolute Gasteiger partial charge is 0.163 e. The summed E-state index contributed by atoms with van der Waals surface area (Å²) in [6.07, 6.45) is 5.79. The molecule has 0 unspecified atom stereocenters. The summed E-state index contributed by atoms with van der Waals surface area (Å²) in [5, 5.41) is 0. The third-order valence-corrected chi connectivity index (χ3v) is 4.32. The Kier molecular flexibility index (Phi) is 2.65. The highest BCUT2D eigenvalue weighted by molar-refractivity contribution is 5.99. The molecule has 0 aliphatic heterocycles. The van der Waals surface area contributed by atoms with Crippen molar-refractivity contribution in [2.24, 2.45) is 5.92 Å². The lowest BCUT2D eigenvalue weighted by molar-refractivity contribution is 0.0919. The highest BCUT2D eigenvalue weighted by Gasteiger charge is 2.35. The Morgan fingerprint density at radius 2 is 2.06 bits per heavy atom. The third kappa shape index (κ3) is 1.76. The van der Waals surface area contributed by atoms with E-state index in [0.29, 0.717) is 17.6 Å². The molecule has 0 aromatic heterocycles. The highest BCUT2D eigenvalue weighted by atomic mass is 16.5. The SMILES string of the molecule is COc1ccc2c(c1)[C@@H]1CCCC[C@@H]1CC2=O. The number of ketones is 1. The van der Waals surface area contributed by atoms with Crippen molar-refractivity contribution in [2.45, 2.75) is 38.0 Å². The Morgan fingerprint density at radius 3 is 2.88 bits per heavy atom. The highest BCUT2D eigenvalue weighted by Crippen LogP contribution is 2.45. The monoisotopic (exact) mass is 230 g/mol. The van der Waals surface area contributed by atoms with Crippen LogP contribution in [0.4, 0.5) is 0 Å². The number of carbonyl (C=O) groups excluding carboxylic acids is 1. The molecule has 0 N–H and O–H groups in total. The predicted molar refractivity (Wildman–Crippen MR) is 66.6 cm³/mol. The minimum atomic E-state index is 0.325. The van der Waals surface area contributed by atoms with Crippen LogP contribution in [0.1, 0.15) is 53.9 Å². The molecule has 1 fully saturated rings. The van der Waals surface area contributed by atoms with Gasteiger partial charge in [0.05, 0.1) is 7.11 Å². The molecule has 2 aliphatic rings. The van der Waals surface area contributed by atoms with Gasteiger partial charge in [-0.2, -0.15) is 0 Å². The number of Topliss-reactive ketones (excluding diaryl/α,β-unsaturated/α-hetero) is 1. The second kappa shape index (κ2) is 4.17. The van der Waals surface area contributed by atoms with E-state index in [4.69, 9.17) is 4.74 Å². The molecule has 3 rings (SSSR count). The fraction of sp³-hybridized carbons (Fsp3) is 0.533. The van der Waals surface area contributed by atoms with Crippen molar-refractivity contribution < 1.29 is 9.53 Å². The van der Waals surface area contributed by atoms with Gasteiger partial charge in [0.1, 0.15) is 5.75 Å². The van der Waals surface area contributed by atoms with E-state index in [2.05, 4.69) is 6.07 Å². The molecule has 2 heteroatoms. The average molecular weight is 230 g/mol. The van der Waals surface area contributed by atoms with Crippen molar-refractivity contribution in [1.82, 2.24) is 0 Å².